The highest BCUT2D eigenvalue weighted by Crippen LogP contribution is 2.44. The summed E-state index contributed by atoms with van der Waals surface area (Å²) in [5, 5.41) is 12.5. The Hall–Kier alpha value is -2.54. The lowest BCUT2D eigenvalue weighted by atomic mass is 10.0. The monoisotopic (exact) mass is 409 g/mol. The van der Waals surface area contributed by atoms with E-state index in [0.29, 0.717) is 5.75 Å². The van der Waals surface area contributed by atoms with Gasteiger partial charge in [-0.15, -0.1) is 11.8 Å². The van der Waals surface area contributed by atoms with Crippen molar-refractivity contribution in [2.24, 2.45) is 0 Å². The first kappa shape index (κ1) is 19.8. The Morgan fingerprint density at radius 3 is 2.62 bits per heavy atom. The van der Waals surface area contributed by atoms with E-state index in [4.69, 9.17) is 5.10 Å². The summed E-state index contributed by atoms with van der Waals surface area (Å²) in [6, 6.07) is 10.4. The van der Waals surface area contributed by atoms with Crippen molar-refractivity contribution in [3.05, 3.63) is 64.6 Å². The van der Waals surface area contributed by atoms with Crippen molar-refractivity contribution in [1.82, 2.24) is 19.6 Å². The van der Waals surface area contributed by atoms with Gasteiger partial charge in [0.05, 0.1) is 35.0 Å². The first-order chi connectivity index (χ1) is 13.8. The van der Waals surface area contributed by atoms with Gasteiger partial charge in [-0.2, -0.15) is 10.2 Å². The summed E-state index contributed by atoms with van der Waals surface area (Å²) in [4.78, 5) is 12.4. The van der Waals surface area contributed by atoms with Crippen LogP contribution < -0.4 is 5.32 Å². The molecule has 1 aliphatic heterocycles. The molecule has 29 heavy (non-hydrogen) atoms. The van der Waals surface area contributed by atoms with E-state index in [9.17, 15) is 4.79 Å². The predicted molar refractivity (Wildman–Crippen MR) is 117 cm³/mol. The Kier molecular flexibility index (Phi) is 5.02. The number of carbonyl (C=O) groups excluding carboxylic acids is 1. The van der Waals surface area contributed by atoms with Crippen LogP contribution in [-0.2, 0) is 16.9 Å². The molecule has 0 fully saturated rings. The number of aromatic nitrogens is 4. The molecule has 3 heterocycles. The molecule has 1 N–H and O–H groups in total. The van der Waals surface area contributed by atoms with Gasteiger partial charge < -0.3 is 5.32 Å². The number of hydrogen-bond acceptors (Lipinski definition) is 4. The van der Waals surface area contributed by atoms with Crippen LogP contribution in [0, 0.1) is 13.8 Å². The molecule has 1 atom stereocenters. The van der Waals surface area contributed by atoms with Crippen molar-refractivity contribution in [3.8, 4) is 0 Å². The van der Waals surface area contributed by atoms with Gasteiger partial charge in [-0.1, -0.05) is 30.3 Å². The molecule has 7 heteroatoms. The third-order valence-corrected chi connectivity index (χ3v) is 6.48. The number of benzene rings is 1. The number of anilines is 1. The zero-order valence-corrected chi connectivity index (χ0v) is 18.4. The number of aryl methyl sites for hydroxylation is 1. The van der Waals surface area contributed by atoms with E-state index in [1.54, 1.807) is 11.8 Å². The van der Waals surface area contributed by atoms with Gasteiger partial charge in [0, 0.05) is 16.8 Å². The number of rotatable bonds is 3. The van der Waals surface area contributed by atoms with Gasteiger partial charge >= 0.3 is 0 Å². The lowest BCUT2D eigenvalue weighted by molar-refractivity contribution is -0.113. The zero-order chi connectivity index (χ0) is 20.8. The van der Waals surface area contributed by atoms with Gasteiger partial charge in [0.25, 0.3) is 0 Å². The molecule has 1 aliphatic rings. The minimum atomic E-state index is -0.220. The molecular formula is C22H27N5OS. The summed E-state index contributed by atoms with van der Waals surface area (Å²) in [6.45, 7) is 11.2. The van der Waals surface area contributed by atoms with Crippen molar-refractivity contribution in [1.29, 1.82) is 0 Å². The van der Waals surface area contributed by atoms with Crippen LogP contribution >= 0.6 is 11.8 Å². The maximum absolute atomic E-state index is 12.4. The molecule has 0 spiro atoms. The van der Waals surface area contributed by atoms with Crippen molar-refractivity contribution >= 4 is 23.5 Å². The lowest BCUT2D eigenvalue weighted by Crippen LogP contribution is -2.27. The van der Waals surface area contributed by atoms with E-state index >= 15 is 0 Å². The third kappa shape index (κ3) is 3.71. The van der Waals surface area contributed by atoms with Gasteiger partial charge in [-0.05, 0) is 40.2 Å². The van der Waals surface area contributed by atoms with Crippen LogP contribution in [-0.4, -0.2) is 31.2 Å². The van der Waals surface area contributed by atoms with Crippen LogP contribution in [0.4, 0.5) is 5.82 Å². The fourth-order valence-corrected chi connectivity index (χ4v) is 5.09. The first-order valence-electron chi connectivity index (χ1n) is 9.83. The number of carbonyl (C=O) groups is 1. The van der Waals surface area contributed by atoms with Crippen LogP contribution in [0.2, 0.25) is 0 Å². The molecule has 0 saturated carbocycles. The van der Waals surface area contributed by atoms with Crippen LogP contribution in [0.3, 0.4) is 0 Å². The van der Waals surface area contributed by atoms with Crippen LogP contribution in [0.5, 0.6) is 0 Å². The topological polar surface area (TPSA) is 64.7 Å². The Morgan fingerprint density at radius 1 is 1.21 bits per heavy atom. The Labute approximate surface area is 175 Å². The lowest BCUT2D eigenvalue weighted by Gasteiger charge is -2.23. The van der Waals surface area contributed by atoms with Gasteiger partial charge in [0.1, 0.15) is 5.82 Å². The molecule has 1 unspecified atom stereocenters. The molecule has 0 radical (unpaired) electrons. The highest BCUT2D eigenvalue weighted by molar-refractivity contribution is 8.00. The first-order valence-corrected chi connectivity index (χ1v) is 10.9. The summed E-state index contributed by atoms with van der Waals surface area (Å²) in [5.41, 5.74) is 5.35. The molecule has 6 nitrogen and oxygen atoms in total. The predicted octanol–water partition coefficient (Wildman–Crippen LogP) is 4.27. The van der Waals surface area contributed by atoms with Gasteiger partial charge in [0.2, 0.25) is 5.91 Å². The van der Waals surface area contributed by atoms with E-state index in [1.165, 1.54) is 11.1 Å². The average Bonchev–Trinajstić information content (AvgIpc) is 3.14. The number of thioether (sulfide) groups is 1. The third-order valence-electron chi connectivity index (χ3n) is 5.23. The quantitative estimate of drug-likeness (QED) is 0.701. The zero-order valence-electron chi connectivity index (χ0n) is 17.6. The number of fused-ring (bicyclic) bond motifs is 1. The molecule has 1 amide bonds. The summed E-state index contributed by atoms with van der Waals surface area (Å²) in [5.74, 6) is 1.22. The molecule has 3 aromatic rings. The number of nitrogens with zero attached hydrogens (tertiary/aromatic N) is 4. The highest BCUT2D eigenvalue weighted by atomic mass is 32.2. The maximum Gasteiger partial charge on any atom is 0.235 e. The fourth-order valence-electron chi connectivity index (χ4n) is 3.84. The van der Waals surface area contributed by atoms with Crippen LogP contribution in [0.15, 0.2) is 36.5 Å². The Morgan fingerprint density at radius 2 is 1.93 bits per heavy atom. The van der Waals surface area contributed by atoms with Crippen molar-refractivity contribution in [2.45, 2.75) is 52.0 Å². The van der Waals surface area contributed by atoms with Gasteiger partial charge in [0.15, 0.2) is 0 Å². The fraction of sp³-hybridized carbons (Fsp3) is 0.409. The standard InChI is InChI=1S/C22H27N5OS/c1-14-19(15(2)26(25-14)12-16-9-7-6-8-10-16)20-17-11-23-27(22(3,4)5)21(17)24-18(28)13-29-20/h6-11,20H,12-13H2,1-5H3,(H,24,28). The minimum Gasteiger partial charge on any atom is -0.310 e. The van der Waals surface area contributed by atoms with E-state index in [-0.39, 0.29) is 16.7 Å². The molecule has 1 aromatic carbocycles. The summed E-state index contributed by atoms with van der Waals surface area (Å²) >= 11 is 1.64. The SMILES string of the molecule is Cc1nn(Cc2ccccc2)c(C)c1C1SCC(=O)Nc2c1cnn2C(C)(C)C. The van der Waals surface area contributed by atoms with E-state index in [2.05, 4.69) is 61.8 Å². The molecule has 2 aromatic heterocycles. The van der Waals surface area contributed by atoms with E-state index < -0.39 is 0 Å². The smallest absolute Gasteiger partial charge is 0.235 e. The average molecular weight is 410 g/mol. The summed E-state index contributed by atoms with van der Waals surface area (Å²) in [6.07, 6.45) is 1.90. The second kappa shape index (κ2) is 7.37. The Balaban J connectivity index is 1.78. The molecule has 0 bridgehead atoms. The minimum absolute atomic E-state index is 0.0109. The largest absolute Gasteiger partial charge is 0.310 e. The van der Waals surface area contributed by atoms with Gasteiger partial charge in [-0.25, -0.2) is 4.68 Å². The van der Waals surface area contributed by atoms with E-state index in [1.807, 2.05) is 29.1 Å². The molecular weight excluding hydrogens is 382 g/mol. The second-order valence-corrected chi connectivity index (χ2v) is 9.59. The normalized spacial score (nSPS) is 17.0. The van der Waals surface area contributed by atoms with Crippen LogP contribution in [0.25, 0.3) is 0 Å². The molecule has 0 aliphatic carbocycles. The van der Waals surface area contributed by atoms with Crippen molar-refractivity contribution < 1.29 is 4.79 Å². The maximum atomic E-state index is 12.4. The number of hydrogen-bond donors (Lipinski definition) is 1. The summed E-state index contributed by atoms with van der Waals surface area (Å²) < 4.78 is 3.98. The number of amides is 1. The summed E-state index contributed by atoms with van der Waals surface area (Å²) in [7, 11) is 0. The Bertz CT molecular complexity index is 1050. The van der Waals surface area contributed by atoms with Crippen molar-refractivity contribution in [3.63, 3.8) is 0 Å². The molecule has 4 rings (SSSR count). The van der Waals surface area contributed by atoms with Crippen molar-refractivity contribution in [2.75, 3.05) is 11.1 Å². The highest BCUT2D eigenvalue weighted by Gasteiger charge is 2.33. The second-order valence-electron chi connectivity index (χ2n) is 8.50. The van der Waals surface area contributed by atoms with Gasteiger partial charge in [-0.3, -0.25) is 9.48 Å². The van der Waals surface area contributed by atoms with Crippen LogP contribution in [0.1, 0.15) is 54.1 Å². The number of nitrogens with one attached hydrogen (secondary N) is 1. The molecule has 0 saturated heterocycles. The van der Waals surface area contributed by atoms with E-state index in [0.717, 1.165) is 29.3 Å². The molecule has 152 valence electrons.